The van der Waals surface area contributed by atoms with Gasteiger partial charge in [-0.1, -0.05) is 27.2 Å². The first-order valence-corrected chi connectivity index (χ1v) is 6.13. The van der Waals surface area contributed by atoms with Gasteiger partial charge in [0.25, 0.3) is 5.56 Å². The number of nitrogens with one attached hydrogen (secondary N) is 1. The van der Waals surface area contributed by atoms with Crippen molar-refractivity contribution in [1.82, 2.24) is 9.78 Å². The van der Waals surface area contributed by atoms with Crippen LogP contribution in [0.5, 0.6) is 0 Å². The lowest BCUT2D eigenvalue weighted by atomic mass is 10.00. The fourth-order valence-electron chi connectivity index (χ4n) is 2.11. The molecule has 92 valence electrons. The third-order valence-corrected chi connectivity index (χ3v) is 2.76. The summed E-state index contributed by atoms with van der Waals surface area (Å²) in [4.78, 5) is 11.9. The zero-order valence-electron chi connectivity index (χ0n) is 11.3. The van der Waals surface area contributed by atoms with E-state index in [1.165, 1.54) is 5.69 Å². The van der Waals surface area contributed by atoms with E-state index in [0.29, 0.717) is 5.92 Å². The predicted molar refractivity (Wildman–Crippen MR) is 68.1 cm³/mol. The second-order valence-electron chi connectivity index (χ2n) is 5.72. The van der Waals surface area contributed by atoms with Crippen LogP contribution in [-0.4, -0.2) is 9.78 Å². The van der Waals surface area contributed by atoms with Gasteiger partial charge >= 0.3 is 0 Å². The normalized spacial score (nSPS) is 12.4. The molecule has 0 radical (unpaired) electrons. The van der Waals surface area contributed by atoms with E-state index in [0.717, 1.165) is 18.4 Å². The van der Waals surface area contributed by atoms with E-state index in [4.69, 9.17) is 0 Å². The summed E-state index contributed by atoms with van der Waals surface area (Å²) in [7, 11) is 0. The second kappa shape index (κ2) is 4.48. The summed E-state index contributed by atoms with van der Waals surface area (Å²) in [6.07, 6.45) is 1.88. The van der Waals surface area contributed by atoms with Gasteiger partial charge < -0.3 is 0 Å². The molecule has 0 aliphatic carbocycles. The molecule has 0 spiro atoms. The largest absolute Gasteiger partial charge is 0.283 e. The summed E-state index contributed by atoms with van der Waals surface area (Å²) >= 11 is 0. The lowest BCUT2D eigenvalue weighted by molar-refractivity contribution is 0.337. The molecule has 0 saturated heterocycles. The van der Waals surface area contributed by atoms with Crippen molar-refractivity contribution in [3.05, 3.63) is 21.6 Å². The lowest BCUT2D eigenvalue weighted by Gasteiger charge is -2.25. The van der Waals surface area contributed by atoms with E-state index in [2.05, 4.69) is 46.6 Å². The summed E-state index contributed by atoms with van der Waals surface area (Å²) in [5.74, 6) is 0.375. The summed E-state index contributed by atoms with van der Waals surface area (Å²) in [6.45, 7) is 12.7. The number of nitrogens with zero attached hydrogens (tertiary/aromatic N) is 1. The van der Waals surface area contributed by atoms with Crippen molar-refractivity contribution in [2.75, 3.05) is 0 Å². The van der Waals surface area contributed by atoms with Crippen LogP contribution in [0.2, 0.25) is 0 Å². The van der Waals surface area contributed by atoms with E-state index in [-0.39, 0.29) is 11.1 Å². The highest BCUT2D eigenvalue weighted by molar-refractivity contribution is 5.22. The molecule has 0 amide bonds. The van der Waals surface area contributed by atoms with E-state index in [1.807, 2.05) is 4.68 Å². The van der Waals surface area contributed by atoms with E-state index < -0.39 is 0 Å². The molecule has 0 atom stereocenters. The van der Waals surface area contributed by atoms with Crippen LogP contribution < -0.4 is 5.56 Å². The van der Waals surface area contributed by atoms with E-state index in [9.17, 15) is 4.79 Å². The molecule has 0 unspecified atom stereocenters. The average molecular weight is 224 g/mol. The van der Waals surface area contributed by atoms with Crippen molar-refractivity contribution in [3.63, 3.8) is 0 Å². The lowest BCUT2D eigenvalue weighted by Crippen LogP contribution is -2.26. The van der Waals surface area contributed by atoms with Gasteiger partial charge in [0.1, 0.15) is 0 Å². The van der Waals surface area contributed by atoms with Gasteiger partial charge in [0.05, 0.1) is 5.54 Å². The molecule has 3 heteroatoms. The van der Waals surface area contributed by atoms with Gasteiger partial charge in [-0.05, 0) is 33.1 Å². The number of hydrogen-bond acceptors (Lipinski definition) is 1. The Morgan fingerprint density at radius 1 is 1.31 bits per heavy atom. The van der Waals surface area contributed by atoms with Crippen LogP contribution in [0.4, 0.5) is 0 Å². The third-order valence-electron chi connectivity index (χ3n) is 2.76. The smallest absolute Gasteiger partial charge is 0.267 e. The highest BCUT2D eigenvalue weighted by Crippen LogP contribution is 2.24. The first-order valence-electron chi connectivity index (χ1n) is 6.13. The molecule has 0 aliphatic heterocycles. The second-order valence-corrected chi connectivity index (χ2v) is 5.72. The Morgan fingerprint density at radius 2 is 1.88 bits per heavy atom. The first-order chi connectivity index (χ1) is 7.29. The standard InChI is InChI=1S/C13H24N2O/c1-7-8-10-11(9(2)3)15(13(4,5)6)14-12(10)16/h9H,7-8H2,1-6H3,(H,14,16). The fourth-order valence-corrected chi connectivity index (χ4v) is 2.11. The van der Waals surface area contributed by atoms with E-state index in [1.54, 1.807) is 0 Å². The van der Waals surface area contributed by atoms with Crippen molar-refractivity contribution in [3.8, 4) is 0 Å². The van der Waals surface area contributed by atoms with Crippen LogP contribution in [0.15, 0.2) is 4.79 Å². The Morgan fingerprint density at radius 3 is 2.25 bits per heavy atom. The van der Waals surface area contributed by atoms with E-state index >= 15 is 0 Å². The predicted octanol–water partition coefficient (Wildman–Crippen LogP) is 3.01. The SMILES string of the molecule is CCCc1c(C(C)C)n(C(C)(C)C)[nH]c1=O. The topological polar surface area (TPSA) is 37.8 Å². The zero-order valence-corrected chi connectivity index (χ0v) is 11.3. The van der Waals surface area contributed by atoms with Gasteiger partial charge in [-0.2, -0.15) is 0 Å². The fraction of sp³-hybridized carbons (Fsp3) is 0.769. The molecule has 3 nitrogen and oxygen atoms in total. The molecule has 1 N–H and O–H groups in total. The van der Waals surface area contributed by atoms with Crippen LogP contribution in [-0.2, 0) is 12.0 Å². The summed E-state index contributed by atoms with van der Waals surface area (Å²) in [5.41, 5.74) is 2.15. The highest BCUT2D eigenvalue weighted by Gasteiger charge is 2.23. The Balaban J connectivity index is 3.41. The van der Waals surface area contributed by atoms with Crippen LogP contribution in [0.1, 0.15) is 65.1 Å². The van der Waals surface area contributed by atoms with Gasteiger partial charge in [0.2, 0.25) is 0 Å². The van der Waals surface area contributed by atoms with Crippen molar-refractivity contribution in [1.29, 1.82) is 0 Å². The van der Waals surface area contributed by atoms with Gasteiger partial charge in [0, 0.05) is 11.3 Å². The Kier molecular flexibility index (Phi) is 3.66. The van der Waals surface area contributed by atoms with Crippen molar-refractivity contribution in [2.24, 2.45) is 0 Å². The average Bonchev–Trinajstić information content (AvgIpc) is 2.44. The molecule has 1 aromatic heterocycles. The summed E-state index contributed by atoms with van der Waals surface area (Å²) in [5, 5.41) is 2.98. The quantitative estimate of drug-likeness (QED) is 0.842. The molecular formula is C13H24N2O. The minimum Gasteiger partial charge on any atom is -0.283 e. The molecule has 0 saturated carbocycles. The summed E-state index contributed by atoms with van der Waals surface area (Å²) in [6, 6.07) is 0. The Bertz CT molecular complexity index is 405. The number of aromatic nitrogens is 2. The number of H-pyrrole nitrogens is 1. The third kappa shape index (κ3) is 2.39. The number of hydrogen-bond donors (Lipinski definition) is 1. The summed E-state index contributed by atoms with van der Waals surface area (Å²) < 4.78 is 2.03. The van der Waals surface area contributed by atoms with Gasteiger partial charge in [-0.15, -0.1) is 0 Å². The molecule has 0 aliphatic rings. The maximum Gasteiger partial charge on any atom is 0.267 e. The van der Waals surface area contributed by atoms with Crippen LogP contribution in [0.3, 0.4) is 0 Å². The molecule has 1 aromatic rings. The maximum absolute atomic E-state index is 11.9. The maximum atomic E-state index is 11.9. The van der Waals surface area contributed by atoms with Crippen LogP contribution in [0.25, 0.3) is 0 Å². The van der Waals surface area contributed by atoms with Gasteiger partial charge in [-0.25, -0.2) is 0 Å². The molecule has 16 heavy (non-hydrogen) atoms. The highest BCUT2D eigenvalue weighted by atomic mass is 16.1. The monoisotopic (exact) mass is 224 g/mol. The first kappa shape index (κ1) is 13.1. The number of rotatable bonds is 3. The minimum absolute atomic E-state index is 0.0647. The molecule has 1 heterocycles. The van der Waals surface area contributed by atoms with Crippen LogP contribution >= 0.6 is 0 Å². The zero-order chi connectivity index (χ0) is 12.5. The van der Waals surface area contributed by atoms with Crippen LogP contribution in [0, 0.1) is 0 Å². The van der Waals surface area contributed by atoms with Gasteiger partial charge in [0.15, 0.2) is 0 Å². The number of aromatic amines is 1. The Labute approximate surface area is 97.8 Å². The molecule has 1 rings (SSSR count). The van der Waals surface area contributed by atoms with Crippen molar-refractivity contribution < 1.29 is 0 Å². The molecule has 0 fully saturated rings. The molecular weight excluding hydrogens is 200 g/mol. The molecule has 0 bridgehead atoms. The Hall–Kier alpha value is -0.990. The van der Waals surface area contributed by atoms with Crippen molar-refractivity contribution >= 4 is 0 Å². The molecule has 0 aromatic carbocycles. The van der Waals surface area contributed by atoms with Crippen molar-refractivity contribution in [2.45, 2.75) is 65.8 Å². The minimum atomic E-state index is -0.0647. The van der Waals surface area contributed by atoms with Gasteiger partial charge in [-0.3, -0.25) is 14.6 Å².